The summed E-state index contributed by atoms with van der Waals surface area (Å²) in [6.45, 7) is 9.62. The normalized spacial score (nSPS) is 46.3. The van der Waals surface area contributed by atoms with Gasteiger partial charge in [0, 0.05) is 0 Å². The van der Waals surface area contributed by atoms with Crippen LogP contribution in [0.2, 0.25) is 0 Å². The van der Waals surface area contributed by atoms with Crippen molar-refractivity contribution in [1.29, 1.82) is 0 Å². The molecule has 122 valence electrons. The first-order valence-electron chi connectivity index (χ1n) is 9.47. The maximum atomic E-state index is 10.7. The van der Waals surface area contributed by atoms with Crippen molar-refractivity contribution in [2.24, 2.45) is 28.1 Å². The number of aliphatic hydroxyl groups excluding tert-OH is 1. The third-order valence-electron chi connectivity index (χ3n) is 7.17. The lowest BCUT2D eigenvalue weighted by atomic mass is 9.39. The fourth-order valence-electron chi connectivity index (χ4n) is 7.50. The summed E-state index contributed by atoms with van der Waals surface area (Å²) < 4.78 is 0. The minimum Gasteiger partial charge on any atom is -0.393 e. The highest BCUT2D eigenvalue weighted by Crippen LogP contribution is 2.70. The molecule has 3 atom stereocenters. The molecule has 4 saturated carbocycles. The standard InChI is InChI=1S/C20H36O/c1-5-15(6-2)7-17(21)11-20-10-16-8-18(3,13-20)12-19(4,9-16)14-20/h15-17,21H,5-14H2,1-4H3. The third-order valence-corrected chi connectivity index (χ3v) is 7.17. The fraction of sp³-hybridized carbons (Fsp3) is 1.00. The molecular weight excluding hydrogens is 256 g/mol. The first kappa shape index (κ1) is 15.8. The summed E-state index contributed by atoms with van der Waals surface area (Å²) in [6.07, 6.45) is 13.1. The zero-order chi connectivity index (χ0) is 15.3. The van der Waals surface area contributed by atoms with Gasteiger partial charge in [-0.3, -0.25) is 0 Å². The van der Waals surface area contributed by atoms with Crippen molar-refractivity contribution >= 4 is 0 Å². The molecule has 21 heavy (non-hydrogen) atoms. The van der Waals surface area contributed by atoms with E-state index in [-0.39, 0.29) is 6.10 Å². The molecule has 4 aliphatic carbocycles. The summed E-state index contributed by atoms with van der Waals surface area (Å²) in [5, 5.41) is 10.7. The van der Waals surface area contributed by atoms with Crippen LogP contribution in [0.5, 0.6) is 0 Å². The largest absolute Gasteiger partial charge is 0.393 e. The summed E-state index contributed by atoms with van der Waals surface area (Å²) in [5.74, 6) is 1.68. The summed E-state index contributed by atoms with van der Waals surface area (Å²) in [4.78, 5) is 0. The summed E-state index contributed by atoms with van der Waals surface area (Å²) in [7, 11) is 0. The second kappa shape index (κ2) is 5.25. The summed E-state index contributed by atoms with van der Waals surface area (Å²) in [6, 6.07) is 0. The van der Waals surface area contributed by atoms with Crippen LogP contribution in [0, 0.1) is 28.1 Å². The molecule has 1 nitrogen and oxygen atoms in total. The van der Waals surface area contributed by atoms with E-state index in [2.05, 4.69) is 27.7 Å². The molecule has 1 heteroatoms. The molecule has 0 spiro atoms. The second-order valence-corrected chi connectivity index (χ2v) is 9.91. The van der Waals surface area contributed by atoms with Gasteiger partial charge in [-0.15, -0.1) is 0 Å². The molecule has 0 aliphatic heterocycles. The highest BCUT2D eigenvalue weighted by molar-refractivity contribution is 5.10. The zero-order valence-corrected chi connectivity index (χ0v) is 14.8. The molecule has 4 fully saturated rings. The van der Waals surface area contributed by atoms with Gasteiger partial charge in [0.05, 0.1) is 6.10 Å². The highest BCUT2D eigenvalue weighted by atomic mass is 16.3. The van der Waals surface area contributed by atoms with Gasteiger partial charge in [-0.2, -0.15) is 0 Å². The quantitative estimate of drug-likeness (QED) is 0.679. The highest BCUT2D eigenvalue weighted by Gasteiger charge is 2.60. The van der Waals surface area contributed by atoms with E-state index in [1.165, 1.54) is 51.4 Å². The van der Waals surface area contributed by atoms with Crippen molar-refractivity contribution in [3.8, 4) is 0 Å². The molecule has 4 aliphatic rings. The molecule has 0 aromatic heterocycles. The Morgan fingerprint density at radius 2 is 1.52 bits per heavy atom. The van der Waals surface area contributed by atoms with Crippen LogP contribution >= 0.6 is 0 Å². The van der Waals surface area contributed by atoms with Crippen LogP contribution in [0.3, 0.4) is 0 Å². The van der Waals surface area contributed by atoms with E-state index < -0.39 is 0 Å². The maximum Gasteiger partial charge on any atom is 0.0548 e. The van der Waals surface area contributed by atoms with E-state index in [1.54, 1.807) is 0 Å². The Bertz CT molecular complexity index is 365. The molecule has 0 aromatic carbocycles. The predicted octanol–water partition coefficient (Wildman–Crippen LogP) is 5.56. The second-order valence-electron chi connectivity index (χ2n) is 9.91. The first-order valence-corrected chi connectivity index (χ1v) is 9.47. The lowest BCUT2D eigenvalue weighted by Gasteiger charge is -2.66. The first-order chi connectivity index (χ1) is 9.79. The minimum atomic E-state index is -0.0571. The number of aliphatic hydroxyl groups is 1. The van der Waals surface area contributed by atoms with Crippen molar-refractivity contribution in [3.63, 3.8) is 0 Å². The Morgan fingerprint density at radius 1 is 0.952 bits per heavy atom. The van der Waals surface area contributed by atoms with E-state index in [1.807, 2.05) is 0 Å². The number of hydrogen-bond donors (Lipinski definition) is 1. The Hall–Kier alpha value is -0.0400. The Morgan fingerprint density at radius 3 is 2.00 bits per heavy atom. The maximum absolute atomic E-state index is 10.7. The molecule has 1 N–H and O–H groups in total. The van der Waals surface area contributed by atoms with Crippen molar-refractivity contribution < 1.29 is 5.11 Å². The van der Waals surface area contributed by atoms with Gasteiger partial charge in [0.1, 0.15) is 0 Å². The molecule has 3 unspecified atom stereocenters. The zero-order valence-electron chi connectivity index (χ0n) is 14.8. The van der Waals surface area contributed by atoms with Crippen molar-refractivity contribution in [3.05, 3.63) is 0 Å². The molecule has 0 radical (unpaired) electrons. The van der Waals surface area contributed by atoms with Gasteiger partial charge in [0.15, 0.2) is 0 Å². The number of rotatable bonds is 6. The van der Waals surface area contributed by atoms with Crippen LogP contribution in [-0.4, -0.2) is 11.2 Å². The smallest absolute Gasteiger partial charge is 0.0548 e. The molecular formula is C20H36O. The molecule has 0 saturated heterocycles. The SMILES string of the molecule is CCC(CC)CC(O)CC12CC3CC(C)(CC(C)(C3)C1)C2. The molecule has 4 rings (SSSR count). The topological polar surface area (TPSA) is 20.2 Å². The van der Waals surface area contributed by atoms with E-state index in [9.17, 15) is 5.11 Å². The molecule has 4 bridgehead atoms. The van der Waals surface area contributed by atoms with Gasteiger partial charge >= 0.3 is 0 Å². The van der Waals surface area contributed by atoms with E-state index >= 15 is 0 Å². The van der Waals surface area contributed by atoms with Crippen LogP contribution in [0.4, 0.5) is 0 Å². The van der Waals surface area contributed by atoms with E-state index in [0.29, 0.717) is 16.2 Å². The van der Waals surface area contributed by atoms with Crippen molar-refractivity contribution in [2.75, 3.05) is 0 Å². The fourth-order valence-corrected chi connectivity index (χ4v) is 7.50. The lowest BCUT2D eigenvalue weighted by molar-refractivity contribution is -0.157. The van der Waals surface area contributed by atoms with Gasteiger partial charge in [-0.25, -0.2) is 0 Å². The Kier molecular flexibility index (Phi) is 3.96. The van der Waals surface area contributed by atoms with Gasteiger partial charge in [0.25, 0.3) is 0 Å². The predicted molar refractivity (Wildman–Crippen MR) is 89.2 cm³/mol. The summed E-state index contributed by atoms with van der Waals surface area (Å²) >= 11 is 0. The van der Waals surface area contributed by atoms with Crippen LogP contribution in [-0.2, 0) is 0 Å². The molecule has 0 aromatic rings. The molecule has 0 heterocycles. The molecule has 0 amide bonds. The third kappa shape index (κ3) is 3.05. The van der Waals surface area contributed by atoms with E-state index in [0.717, 1.165) is 24.7 Å². The van der Waals surface area contributed by atoms with Gasteiger partial charge in [-0.05, 0) is 79.4 Å². The van der Waals surface area contributed by atoms with Gasteiger partial charge in [0.2, 0.25) is 0 Å². The Labute approximate surface area is 131 Å². The minimum absolute atomic E-state index is 0.0571. The lowest BCUT2D eigenvalue weighted by Crippen LogP contribution is -2.55. The van der Waals surface area contributed by atoms with Crippen molar-refractivity contribution in [2.45, 2.75) is 98.0 Å². The Balaban J connectivity index is 1.70. The van der Waals surface area contributed by atoms with E-state index in [4.69, 9.17) is 0 Å². The average Bonchev–Trinajstić information content (AvgIpc) is 2.30. The van der Waals surface area contributed by atoms with Crippen LogP contribution in [0.1, 0.15) is 91.9 Å². The van der Waals surface area contributed by atoms with Crippen LogP contribution < -0.4 is 0 Å². The van der Waals surface area contributed by atoms with Crippen LogP contribution in [0.15, 0.2) is 0 Å². The van der Waals surface area contributed by atoms with Gasteiger partial charge < -0.3 is 5.11 Å². The van der Waals surface area contributed by atoms with Crippen molar-refractivity contribution in [1.82, 2.24) is 0 Å². The van der Waals surface area contributed by atoms with Crippen LogP contribution in [0.25, 0.3) is 0 Å². The average molecular weight is 293 g/mol. The monoisotopic (exact) mass is 292 g/mol. The van der Waals surface area contributed by atoms with Gasteiger partial charge in [-0.1, -0.05) is 40.5 Å². The summed E-state index contributed by atoms with van der Waals surface area (Å²) in [5.41, 5.74) is 1.65. The number of hydrogen-bond acceptors (Lipinski definition) is 1.